The van der Waals surface area contributed by atoms with E-state index in [1.807, 2.05) is 21.1 Å². The smallest absolute Gasteiger partial charge is 0.462 e. The zero-order valence-corrected chi connectivity index (χ0v) is 56.8. The lowest BCUT2D eigenvalue weighted by Gasteiger charge is -2.24. The number of carbonyl (C=O) groups is 2. The standard InChI is InChI=1S/C78H122NO8P/c1-6-8-10-12-14-16-18-20-22-24-26-28-30-32-34-36-38-39-41-43-45-47-49-51-53-55-57-59-61-63-65-67-69-71-78(81)87-76(75-86-88(82,83)85-73-72-79(3,4)5)74-84-77(80)70-68-66-64-62-60-58-56-54-52-50-48-46-44-42-40-37-35-33-31-29-27-25-23-21-19-17-15-13-11-9-7-2/h8-11,14-17,20-23,26-29,32-35,38-40,42-43,45-46,48-49,51-52,54-55,57,76H,6-7,12-13,18-19,24-25,30-31,36-37,41,44,47,50,53,56,58-75H2,1-5H3/p+1/b10-8-,11-9-,16-14-,17-15-,22-20-,23-21-,28-26-,29-27-,34-32-,35-33-,39-38-,42-40-,45-43-,48-46-,51-49-,54-52-,57-55-. The van der Waals surface area contributed by atoms with E-state index in [0.29, 0.717) is 23.9 Å². The summed E-state index contributed by atoms with van der Waals surface area (Å²) in [4.78, 5) is 35.9. The van der Waals surface area contributed by atoms with Gasteiger partial charge in [-0.2, -0.15) is 0 Å². The number of rotatable bonds is 59. The van der Waals surface area contributed by atoms with E-state index in [-0.39, 0.29) is 26.1 Å². The van der Waals surface area contributed by atoms with Gasteiger partial charge in [0.05, 0.1) is 27.7 Å². The Kier molecular flexibility index (Phi) is 62.0. The van der Waals surface area contributed by atoms with Gasteiger partial charge in [-0.15, -0.1) is 0 Å². The van der Waals surface area contributed by atoms with Crippen molar-refractivity contribution >= 4 is 19.8 Å². The topological polar surface area (TPSA) is 108 Å². The normalized spacial score (nSPS) is 14.5. The molecule has 0 amide bonds. The number of unbranched alkanes of at least 4 members (excludes halogenated alkanes) is 11. The van der Waals surface area contributed by atoms with Gasteiger partial charge >= 0.3 is 19.8 Å². The zero-order valence-electron chi connectivity index (χ0n) is 55.9. The third kappa shape index (κ3) is 69.7. The number of phosphoric acid groups is 1. The maximum absolute atomic E-state index is 12.9. The van der Waals surface area contributed by atoms with Crippen LogP contribution in [0, 0.1) is 0 Å². The highest BCUT2D eigenvalue weighted by Gasteiger charge is 2.27. The summed E-state index contributed by atoms with van der Waals surface area (Å²) in [6.07, 6.45) is 105. The van der Waals surface area contributed by atoms with E-state index >= 15 is 0 Å². The fourth-order valence-electron chi connectivity index (χ4n) is 8.20. The van der Waals surface area contributed by atoms with Crippen LogP contribution < -0.4 is 0 Å². The number of nitrogens with zero attached hydrogens (tertiary/aromatic N) is 1. The van der Waals surface area contributed by atoms with Gasteiger partial charge in [0.2, 0.25) is 0 Å². The van der Waals surface area contributed by atoms with Crippen molar-refractivity contribution in [2.24, 2.45) is 0 Å². The molecular formula is C78H123NO8P+. The Labute approximate surface area is 538 Å². The molecule has 1 N–H and O–H groups in total. The van der Waals surface area contributed by atoms with Gasteiger partial charge in [-0.3, -0.25) is 18.6 Å². The van der Waals surface area contributed by atoms with Gasteiger partial charge in [0.1, 0.15) is 19.8 Å². The largest absolute Gasteiger partial charge is 0.472 e. The highest BCUT2D eigenvalue weighted by molar-refractivity contribution is 7.47. The van der Waals surface area contributed by atoms with Gasteiger partial charge in [0.15, 0.2) is 6.10 Å². The number of likely N-dealkylation sites (N-methyl/N-ethyl adjacent to an activating group) is 1. The number of esters is 2. The number of quaternary nitrogens is 1. The maximum atomic E-state index is 12.9. The Morgan fingerprint density at radius 1 is 0.352 bits per heavy atom. The molecule has 9 nitrogen and oxygen atoms in total. The van der Waals surface area contributed by atoms with E-state index in [4.69, 9.17) is 18.5 Å². The molecule has 88 heavy (non-hydrogen) atoms. The summed E-state index contributed by atoms with van der Waals surface area (Å²) in [6, 6.07) is 0. The van der Waals surface area contributed by atoms with Crippen LogP contribution in [-0.2, 0) is 32.7 Å². The van der Waals surface area contributed by atoms with E-state index in [1.54, 1.807) is 0 Å². The van der Waals surface area contributed by atoms with Crippen molar-refractivity contribution in [3.63, 3.8) is 0 Å². The van der Waals surface area contributed by atoms with Crippen LogP contribution >= 0.6 is 7.82 Å². The molecule has 0 radical (unpaired) electrons. The number of hydrogen-bond acceptors (Lipinski definition) is 7. The third-order valence-electron chi connectivity index (χ3n) is 13.3. The van der Waals surface area contributed by atoms with Crippen molar-refractivity contribution in [3.05, 3.63) is 207 Å². The molecule has 2 atom stereocenters. The van der Waals surface area contributed by atoms with Crippen LogP contribution in [-0.4, -0.2) is 74.9 Å². The second-order valence-corrected chi connectivity index (χ2v) is 24.2. The van der Waals surface area contributed by atoms with Gasteiger partial charge in [-0.25, -0.2) is 4.57 Å². The van der Waals surface area contributed by atoms with Crippen molar-refractivity contribution in [3.8, 4) is 0 Å². The van der Waals surface area contributed by atoms with Crippen LogP contribution in [0.1, 0.15) is 219 Å². The van der Waals surface area contributed by atoms with E-state index in [9.17, 15) is 19.0 Å². The molecule has 0 fully saturated rings. The first kappa shape index (κ1) is 82.6. The van der Waals surface area contributed by atoms with Crippen LogP contribution in [0.25, 0.3) is 0 Å². The van der Waals surface area contributed by atoms with Crippen LogP contribution in [0.4, 0.5) is 0 Å². The molecule has 0 aromatic rings. The van der Waals surface area contributed by atoms with Crippen molar-refractivity contribution < 1.29 is 42.1 Å². The van der Waals surface area contributed by atoms with E-state index in [1.165, 1.54) is 0 Å². The Hall–Kier alpha value is -5.41. The SMILES string of the molecule is CC/C=C\C/C=C\C/C=C\C/C=C\C/C=C\C/C=C\C/C=C\C/C=C\C/C=C\CCCCCCCC(=O)OC(COC(=O)CCCCCCCC/C=C\C/C=C\C/C=C\C/C=C\C/C=C\C/C=C\C/C=C\C/C=C\CC)COP(=O)(O)OCC[N+](C)(C)C. The van der Waals surface area contributed by atoms with Gasteiger partial charge in [-0.05, 0) is 148 Å². The maximum Gasteiger partial charge on any atom is 0.472 e. The first-order valence-electron chi connectivity index (χ1n) is 33.8. The first-order chi connectivity index (χ1) is 43.0. The molecule has 0 heterocycles. The molecule has 0 aliphatic rings. The molecule has 492 valence electrons. The van der Waals surface area contributed by atoms with Gasteiger partial charge in [0.25, 0.3) is 0 Å². The average Bonchev–Trinajstić information content (AvgIpc) is 3.56. The molecule has 10 heteroatoms. The highest BCUT2D eigenvalue weighted by atomic mass is 31.2. The molecule has 0 aromatic carbocycles. The van der Waals surface area contributed by atoms with Crippen molar-refractivity contribution in [2.45, 2.75) is 225 Å². The Morgan fingerprint density at radius 2 is 0.614 bits per heavy atom. The van der Waals surface area contributed by atoms with Gasteiger partial charge in [-0.1, -0.05) is 265 Å². The third-order valence-corrected chi connectivity index (χ3v) is 14.3. The van der Waals surface area contributed by atoms with Crippen molar-refractivity contribution in [1.29, 1.82) is 0 Å². The molecule has 2 unspecified atom stereocenters. The highest BCUT2D eigenvalue weighted by Crippen LogP contribution is 2.43. The number of phosphoric ester groups is 1. The Morgan fingerprint density at radius 3 is 0.909 bits per heavy atom. The van der Waals surface area contributed by atoms with Crippen LogP contribution in [0.2, 0.25) is 0 Å². The van der Waals surface area contributed by atoms with Gasteiger partial charge < -0.3 is 18.9 Å². The Balaban J connectivity index is 4.26. The molecular weight excluding hydrogens is 1110 g/mol. The molecule has 0 aliphatic heterocycles. The predicted octanol–water partition coefficient (Wildman–Crippen LogP) is 22.3. The predicted molar refractivity (Wildman–Crippen MR) is 380 cm³/mol. The fourth-order valence-corrected chi connectivity index (χ4v) is 8.94. The summed E-state index contributed by atoms with van der Waals surface area (Å²) in [5.41, 5.74) is 0. The monoisotopic (exact) mass is 1230 g/mol. The minimum Gasteiger partial charge on any atom is -0.462 e. The lowest BCUT2D eigenvalue weighted by atomic mass is 10.1. The minimum absolute atomic E-state index is 0.0122. The number of carbonyl (C=O) groups excluding carboxylic acids is 2. The summed E-state index contributed by atoms with van der Waals surface area (Å²) in [5.74, 6) is -0.855. The number of hydrogen-bond donors (Lipinski definition) is 1. The quantitative estimate of drug-likeness (QED) is 0.0211. The van der Waals surface area contributed by atoms with Crippen LogP contribution in [0.5, 0.6) is 0 Å². The lowest BCUT2D eigenvalue weighted by Crippen LogP contribution is -2.37. The van der Waals surface area contributed by atoms with Gasteiger partial charge in [0, 0.05) is 12.8 Å². The lowest BCUT2D eigenvalue weighted by molar-refractivity contribution is -0.870. The van der Waals surface area contributed by atoms with E-state index in [2.05, 4.69) is 220 Å². The van der Waals surface area contributed by atoms with E-state index in [0.717, 1.165) is 180 Å². The number of ether oxygens (including phenoxy) is 2. The van der Waals surface area contributed by atoms with Crippen molar-refractivity contribution in [1.82, 2.24) is 0 Å². The molecule has 0 aromatic heterocycles. The summed E-state index contributed by atoms with van der Waals surface area (Å²) in [7, 11) is 1.42. The zero-order chi connectivity index (χ0) is 64.1. The molecule has 0 saturated heterocycles. The minimum atomic E-state index is -4.42. The molecule has 0 aliphatic carbocycles. The average molecular weight is 1230 g/mol. The molecule has 0 spiro atoms. The summed E-state index contributed by atoms with van der Waals surface area (Å²) in [5, 5.41) is 0. The van der Waals surface area contributed by atoms with Crippen LogP contribution in [0.15, 0.2) is 207 Å². The Bertz CT molecular complexity index is 2240. The summed E-state index contributed by atoms with van der Waals surface area (Å²) >= 11 is 0. The fraction of sp³-hybridized carbons (Fsp3) is 0.538. The second kappa shape index (κ2) is 66.0. The first-order valence-corrected chi connectivity index (χ1v) is 35.3. The summed E-state index contributed by atoms with van der Waals surface area (Å²) < 4.78 is 34.6. The molecule has 0 bridgehead atoms. The van der Waals surface area contributed by atoms with Crippen LogP contribution in [0.3, 0.4) is 0 Å². The molecule has 0 saturated carbocycles. The molecule has 0 rings (SSSR count). The van der Waals surface area contributed by atoms with Crippen molar-refractivity contribution in [2.75, 3.05) is 47.5 Å². The summed E-state index contributed by atoms with van der Waals surface area (Å²) in [6.45, 7) is 4.13. The van der Waals surface area contributed by atoms with E-state index < -0.39 is 32.5 Å². The number of allylic oxidation sites excluding steroid dienone is 34. The second-order valence-electron chi connectivity index (χ2n) is 22.7.